The second-order valence-corrected chi connectivity index (χ2v) is 8.26. The molecule has 2 heterocycles. The van der Waals surface area contributed by atoms with Crippen molar-refractivity contribution >= 4 is 11.9 Å². The van der Waals surface area contributed by atoms with Crippen LogP contribution in [0, 0.1) is 0 Å². The minimum Gasteiger partial charge on any atom is -0.507 e. The Hall–Kier alpha value is -3.16. The molecule has 2 aliphatic heterocycles. The molecule has 3 N–H and O–H groups in total. The lowest BCUT2D eigenvalue weighted by atomic mass is 9.91. The van der Waals surface area contributed by atoms with Gasteiger partial charge in [-0.15, -0.1) is 0 Å². The van der Waals surface area contributed by atoms with Crippen LogP contribution >= 0.6 is 0 Å². The lowest BCUT2D eigenvalue weighted by Crippen LogP contribution is -2.40. The van der Waals surface area contributed by atoms with E-state index in [1.807, 2.05) is 6.07 Å². The second-order valence-electron chi connectivity index (χ2n) is 8.26. The Bertz CT molecular complexity index is 989. The number of carbonyl (C=O) groups is 2. The maximum absolute atomic E-state index is 12.9. The largest absolute Gasteiger partial charge is 0.507 e. The number of hydrogen-bond donors (Lipinski definition) is 3. The van der Waals surface area contributed by atoms with Gasteiger partial charge in [0.1, 0.15) is 17.4 Å². The highest BCUT2D eigenvalue weighted by atomic mass is 16.5. The van der Waals surface area contributed by atoms with Crippen LogP contribution in [0.4, 0.5) is 0 Å². The Balaban J connectivity index is 1.48. The normalized spacial score (nSPS) is 25.6. The van der Waals surface area contributed by atoms with Crippen LogP contribution in [0.5, 0.6) is 5.75 Å². The Morgan fingerprint density at radius 1 is 1.06 bits per heavy atom. The number of aliphatic hydroxyl groups is 1. The zero-order valence-corrected chi connectivity index (χ0v) is 17.6. The minimum absolute atomic E-state index is 0.134. The molecule has 7 nitrogen and oxygen atoms in total. The molecule has 2 aromatic rings. The highest BCUT2D eigenvalue weighted by molar-refractivity contribution is 5.95. The van der Waals surface area contributed by atoms with Crippen LogP contribution in [-0.4, -0.2) is 46.5 Å². The summed E-state index contributed by atoms with van der Waals surface area (Å²) in [4.78, 5) is 25.1. The van der Waals surface area contributed by atoms with Crippen molar-refractivity contribution in [3.8, 4) is 5.75 Å². The molecule has 0 aromatic heterocycles. The van der Waals surface area contributed by atoms with Crippen LogP contribution in [0.3, 0.4) is 0 Å². The number of phenols is 1. The van der Waals surface area contributed by atoms with E-state index in [1.54, 1.807) is 42.5 Å². The number of aliphatic hydroxyl groups excluding tert-OH is 1. The number of fused-ring (bicyclic) bond motifs is 3. The first-order valence-electron chi connectivity index (χ1n) is 10.9. The van der Waals surface area contributed by atoms with Gasteiger partial charge in [-0.1, -0.05) is 36.4 Å². The van der Waals surface area contributed by atoms with Crippen molar-refractivity contribution in [2.45, 2.75) is 56.5 Å². The summed E-state index contributed by atoms with van der Waals surface area (Å²) in [6, 6.07) is 13.8. The average Bonchev–Trinajstić information content (AvgIpc) is 2.76. The number of carbonyl (C=O) groups excluding carboxylic acids is 2. The number of aromatic hydroxyl groups is 1. The van der Waals surface area contributed by atoms with Crippen LogP contribution in [0.1, 0.15) is 52.0 Å². The van der Waals surface area contributed by atoms with Crippen molar-refractivity contribution in [3.05, 3.63) is 77.5 Å². The molecule has 32 heavy (non-hydrogen) atoms. The van der Waals surface area contributed by atoms with E-state index < -0.39 is 18.2 Å². The number of phenolic OH excluding ortho intramolecular Hbond substituents is 1. The zero-order chi connectivity index (χ0) is 22.5. The van der Waals surface area contributed by atoms with Crippen LogP contribution in [0.15, 0.2) is 60.8 Å². The molecular formula is C25H27NO6. The molecule has 0 aliphatic carbocycles. The highest BCUT2D eigenvalue weighted by Crippen LogP contribution is 2.32. The molecule has 2 aromatic carbocycles. The van der Waals surface area contributed by atoms with Crippen molar-refractivity contribution < 1.29 is 29.3 Å². The third kappa shape index (κ3) is 5.36. The summed E-state index contributed by atoms with van der Waals surface area (Å²) in [6.45, 7) is 0. The second kappa shape index (κ2) is 9.97. The number of esters is 1. The number of rotatable bonds is 4. The van der Waals surface area contributed by atoms with Crippen molar-refractivity contribution in [3.63, 3.8) is 0 Å². The number of benzene rings is 2. The number of amides is 1. The Labute approximate surface area is 186 Å². The zero-order valence-electron chi connectivity index (χ0n) is 17.6. The number of ether oxygens (including phenoxy) is 2. The fourth-order valence-electron chi connectivity index (χ4n) is 4.33. The summed E-state index contributed by atoms with van der Waals surface area (Å²) in [5, 5.41) is 23.3. The van der Waals surface area contributed by atoms with E-state index in [0.717, 1.165) is 0 Å². The molecule has 2 aliphatic rings. The van der Waals surface area contributed by atoms with Crippen molar-refractivity contribution in [2.75, 3.05) is 0 Å². The number of nitrogens with one attached hydrogen (secondary N) is 1. The third-order valence-electron chi connectivity index (χ3n) is 5.80. The van der Waals surface area contributed by atoms with Crippen LogP contribution in [0.2, 0.25) is 0 Å². The van der Waals surface area contributed by atoms with Gasteiger partial charge in [0.2, 0.25) is 0 Å². The van der Waals surface area contributed by atoms with E-state index in [2.05, 4.69) is 5.32 Å². The van der Waals surface area contributed by atoms with Gasteiger partial charge in [-0.05, 0) is 43.0 Å². The van der Waals surface area contributed by atoms with Gasteiger partial charge in [0.05, 0.1) is 18.3 Å². The lowest BCUT2D eigenvalue weighted by molar-refractivity contribution is -0.109. The van der Waals surface area contributed by atoms with Crippen molar-refractivity contribution in [2.24, 2.45) is 0 Å². The van der Waals surface area contributed by atoms with Gasteiger partial charge in [-0.25, -0.2) is 4.79 Å². The van der Waals surface area contributed by atoms with Gasteiger partial charge < -0.3 is 25.0 Å². The summed E-state index contributed by atoms with van der Waals surface area (Å²) in [5.74, 6) is -0.944. The fraction of sp³-hybridized carbons (Fsp3) is 0.360. The van der Waals surface area contributed by atoms with Gasteiger partial charge in [0, 0.05) is 24.6 Å². The molecule has 0 spiro atoms. The Morgan fingerprint density at radius 2 is 1.84 bits per heavy atom. The molecule has 4 unspecified atom stereocenters. The van der Waals surface area contributed by atoms with Gasteiger partial charge in [-0.2, -0.15) is 0 Å². The maximum Gasteiger partial charge on any atom is 0.342 e. The molecule has 0 saturated carbocycles. The lowest BCUT2D eigenvalue weighted by Gasteiger charge is -2.36. The molecule has 168 valence electrons. The fourth-order valence-corrected chi connectivity index (χ4v) is 4.33. The number of cyclic esters (lactones) is 1. The van der Waals surface area contributed by atoms with E-state index >= 15 is 0 Å². The highest BCUT2D eigenvalue weighted by Gasteiger charge is 2.34. The molecule has 1 fully saturated rings. The standard InChI is InChI=1S/C25H27NO6/c27-18-13-20-12-17-8-4-10-22(28)23(17)25(30)32-19(15-21(14-18)31-20)9-5-11-26-24(29)16-6-2-1-3-7-16/h1-8,10-11,18-21,27-28H,9,12-15H2,(H,26,29). The van der Waals surface area contributed by atoms with Crippen LogP contribution < -0.4 is 5.32 Å². The predicted molar refractivity (Wildman–Crippen MR) is 117 cm³/mol. The average molecular weight is 437 g/mol. The Kier molecular flexibility index (Phi) is 6.87. The topological polar surface area (TPSA) is 105 Å². The summed E-state index contributed by atoms with van der Waals surface area (Å²) in [6.07, 6.45) is 3.91. The van der Waals surface area contributed by atoms with Crippen LogP contribution in [0.25, 0.3) is 0 Å². The molecule has 1 saturated heterocycles. The third-order valence-corrected chi connectivity index (χ3v) is 5.80. The van der Waals surface area contributed by atoms with E-state index in [-0.39, 0.29) is 29.4 Å². The first-order valence-corrected chi connectivity index (χ1v) is 10.9. The summed E-state index contributed by atoms with van der Waals surface area (Å²) >= 11 is 0. The summed E-state index contributed by atoms with van der Waals surface area (Å²) in [7, 11) is 0. The summed E-state index contributed by atoms with van der Waals surface area (Å²) < 4.78 is 11.9. The van der Waals surface area contributed by atoms with E-state index in [4.69, 9.17) is 9.47 Å². The molecule has 4 atom stereocenters. The summed E-state index contributed by atoms with van der Waals surface area (Å²) in [5.41, 5.74) is 1.32. The predicted octanol–water partition coefficient (Wildman–Crippen LogP) is 3.11. The first kappa shape index (κ1) is 22.0. The van der Waals surface area contributed by atoms with Crippen molar-refractivity contribution in [1.82, 2.24) is 5.32 Å². The first-order chi connectivity index (χ1) is 15.5. The molecule has 7 heteroatoms. The van der Waals surface area contributed by atoms with Gasteiger partial charge in [-0.3, -0.25) is 4.79 Å². The van der Waals surface area contributed by atoms with E-state index in [1.165, 1.54) is 12.3 Å². The quantitative estimate of drug-likeness (QED) is 0.635. The minimum atomic E-state index is -0.578. The molecular weight excluding hydrogens is 410 g/mol. The van der Waals surface area contributed by atoms with Crippen molar-refractivity contribution in [1.29, 1.82) is 0 Å². The maximum atomic E-state index is 12.9. The molecule has 0 radical (unpaired) electrons. The van der Waals surface area contributed by atoms with Crippen LogP contribution in [-0.2, 0) is 15.9 Å². The molecule has 1 amide bonds. The monoisotopic (exact) mass is 437 g/mol. The van der Waals surface area contributed by atoms with Gasteiger partial charge in [0.25, 0.3) is 5.91 Å². The molecule has 4 rings (SSSR count). The smallest absolute Gasteiger partial charge is 0.342 e. The van der Waals surface area contributed by atoms with E-state index in [9.17, 15) is 19.8 Å². The Morgan fingerprint density at radius 3 is 2.66 bits per heavy atom. The van der Waals surface area contributed by atoms with Gasteiger partial charge in [0.15, 0.2) is 0 Å². The van der Waals surface area contributed by atoms with E-state index in [0.29, 0.717) is 43.2 Å². The SMILES string of the molecule is O=C(NC=CCC1CC2CC(O)CC(Cc3cccc(O)c3C(=O)O1)O2)c1ccccc1. The van der Waals surface area contributed by atoms with Gasteiger partial charge >= 0.3 is 5.97 Å². The number of hydrogen-bond acceptors (Lipinski definition) is 6. The molecule has 2 bridgehead atoms.